The number of likely N-dealkylation sites (tertiary alicyclic amines) is 1. The standard InChI is InChI=1S/C16H18N4O2/c21-15(13-4-2-1-3-5-13)18-14-6-9-19(10-7-14)16(22)20-11-8-17-12-20/h1-5,8,11-12,14H,6-7,9-10H2,(H,18,21). The fraction of sp³-hybridized carbons (Fsp3) is 0.312. The van der Waals surface area contributed by atoms with Gasteiger partial charge in [0.1, 0.15) is 6.33 Å². The van der Waals surface area contributed by atoms with E-state index in [1.54, 1.807) is 29.4 Å². The van der Waals surface area contributed by atoms with Crippen molar-refractivity contribution in [3.05, 3.63) is 54.6 Å². The van der Waals surface area contributed by atoms with E-state index in [1.165, 1.54) is 10.9 Å². The van der Waals surface area contributed by atoms with Crippen LogP contribution in [0.5, 0.6) is 0 Å². The molecule has 0 saturated carbocycles. The predicted octanol–water partition coefficient (Wildman–Crippen LogP) is 1.75. The van der Waals surface area contributed by atoms with Gasteiger partial charge < -0.3 is 10.2 Å². The maximum atomic E-state index is 12.2. The first-order chi connectivity index (χ1) is 10.7. The van der Waals surface area contributed by atoms with Crippen LogP contribution in [0.2, 0.25) is 0 Å². The summed E-state index contributed by atoms with van der Waals surface area (Å²) in [4.78, 5) is 30.0. The Hall–Kier alpha value is -2.63. The number of rotatable bonds is 2. The highest BCUT2D eigenvalue weighted by Crippen LogP contribution is 2.12. The lowest BCUT2D eigenvalue weighted by Gasteiger charge is -2.32. The van der Waals surface area contributed by atoms with Crippen molar-refractivity contribution in [2.75, 3.05) is 13.1 Å². The second-order valence-corrected chi connectivity index (χ2v) is 5.35. The van der Waals surface area contributed by atoms with E-state index < -0.39 is 0 Å². The first-order valence-corrected chi connectivity index (χ1v) is 7.37. The van der Waals surface area contributed by atoms with Gasteiger partial charge in [-0.2, -0.15) is 0 Å². The van der Waals surface area contributed by atoms with E-state index in [0.717, 1.165) is 12.8 Å². The maximum absolute atomic E-state index is 12.2. The smallest absolute Gasteiger partial charge is 0.329 e. The Balaban J connectivity index is 1.52. The Labute approximate surface area is 128 Å². The van der Waals surface area contributed by atoms with Gasteiger partial charge in [0.05, 0.1) is 0 Å². The van der Waals surface area contributed by atoms with Crippen LogP contribution in [0.15, 0.2) is 49.1 Å². The summed E-state index contributed by atoms with van der Waals surface area (Å²) in [6.07, 6.45) is 6.26. The number of carbonyl (C=O) groups excluding carboxylic acids is 2. The van der Waals surface area contributed by atoms with Crippen molar-refractivity contribution in [2.24, 2.45) is 0 Å². The monoisotopic (exact) mass is 298 g/mol. The summed E-state index contributed by atoms with van der Waals surface area (Å²) in [5.74, 6) is -0.0556. The molecule has 1 aromatic heterocycles. The van der Waals surface area contributed by atoms with Crippen LogP contribution >= 0.6 is 0 Å². The minimum atomic E-state index is -0.0645. The molecule has 0 atom stereocenters. The van der Waals surface area contributed by atoms with Gasteiger partial charge in [-0.15, -0.1) is 0 Å². The van der Waals surface area contributed by atoms with Gasteiger partial charge in [0, 0.05) is 37.1 Å². The Kier molecular flexibility index (Phi) is 4.18. The van der Waals surface area contributed by atoms with E-state index in [9.17, 15) is 9.59 Å². The highest BCUT2D eigenvalue weighted by atomic mass is 16.2. The van der Waals surface area contributed by atoms with Gasteiger partial charge in [-0.1, -0.05) is 18.2 Å². The lowest BCUT2D eigenvalue weighted by atomic mass is 10.0. The first-order valence-electron chi connectivity index (χ1n) is 7.37. The van der Waals surface area contributed by atoms with Crippen LogP contribution in [0.4, 0.5) is 4.79 Å². The zero-order chi connectivity index (χ0) is 15.4. The molecular weight excluding hydrogens is 280 g/mol. The van der Waals surface area contributed by atoms with Crippen LogP contribution in [-0.4, -0.2) is 45.5 Å². The summed E-state index contributed by atoms with van der Waals surface area (Å²) in [5, 5.41) is 3.03. The van der Waals surface area contributed by atoms with Gasteiger partial charge in [-0.3, -0.25) is 9.36 Å². The molecular formula is C16H18N4O2. The van der Waals surface area contributed by atoms with Crippen molar-refractivity contribution < 1.29 is 9.59 Å². The highest BCUT2D eigenvalue weighted by molar-refractivity contribution is 5.94. The average Bonchev–Trinajstić information content (AvgIpc) is 3.10. The van der Waals surface area contributed by atoms with Crippen molar-refractivity contribution in [3.63, 3.8) is 0 Å². The molecule has 0 bridgehead atoms. The lowest BCUT2D eigenvalue weighted by molar-refractivity contribution is 0.0918. The lowest BCUT2D eigenvalue weighted by Crippen LogP contribution is -2.47. The molecule has 1 saturated heterocycles. The van der Waals surface area contributed by atoms with Crippen molar-refractivity contribution in [2.45, 2.75) is 18.9 Å². The van der Waals surface area contributed by atoms with Crippen LogP contribution in [0.25, 0.3) is 0 Å². The number of nitrogens with zero attached hydrogens (tertiary/aromatic N) is 3. The normalized spacial score (nSPS) is 15.5. The number of nitrogens with one attached hydrogen (secondary N) is 1. The maximum Gasteiger partial charge on any atom is 0.329 e. The van der Waals surface area contributed by atoms with E-state index in [1.807, 2.05) is 18.2 Å². The Morgan fingerprint density at radius 3 is 2.50 bits per heavy atom. The second kappa shape index (κ2) is 6.43. The van der Waals surface area contributed by atoms with Crippen LogP contribution < -0.4 is 5.32 Å². The number of carbonyl (C=O) groups is 2. The molecule has 6 heteroatoms. The Morgan fingerprint density at radius 1 is 1.14 bits per heavy atom. The number of aromatic nitrogens is 2. The van der Waals surface area contributed by atoms with Crippen molar-refractivity contribution in [1.82, 2.24) is 19.8 Å². The molecule has 1 aliphatic heterocycles. The largest absolute Gasteiger partial charge is 0.349 e. The van der Waals surface area contributed by atoms with Gasteiger partial charge in [0.25, 0.3) is 5.91 Å². The van der Waals surface area contributed by atoms with E-state index in [-0.39, 0.29) is 18.0 Å². The third kappa shape index (κ3) is 3.16. The third-order valence-electron chi connectivity index (χ3n) is 3.86. The van der Waals surface area contributed by atoms with E-state index in [0.29, 0.717) is 18.7 Å². The molecule has 6 nitrogen and oxygen atoms in total. The molecule has 0 spiro atoms. The molecule has 2 heterocycles. The number of hydrogen-bond donors (Lipinski definition) is 1. The number of amides is 2. The van der Waals surface area contributed by atoms with Crippen LogP contribution in [-0.2, 0) is 0 Å². The van der Waals surface area contributed by atoms with Crippen LogP contribution in [0.3, 0.4) is 0 Å². The van der Waals surface area contributed by atoms with Crippen LogP contribution in [0, 0.1) is 0 Å². The minimum absolute atomic E-state index is 0.0556. The quantitative estimate of drug-likeness (QED) is 0.918. The van der Waals surface area contributed by atoms with E-state index >= 15 is 0 Å². The zero-order valence-electron chi connectivity index (χ0n) is 12.2. The summed E-state index contributed by atoms with van der Waals surface area (Å²) in [5.41, 5.74) is 0.666. The molecule has 22 heavy (non-hydrogen) atoms. The number of piperidine rings is 1. The zero-order valence-corrected chi connectivity index (χ0v) is 12.2. The molecule has 1 aliphatic rings. The average molecular weight is 298 g/mol. The summed E-state index contributed by atoms with van der Waals surface area (Å²) >= 11 is 0. The van der Waals surface area contributed by atoms with Crippen LogP contribution in [0.1, 0.15) is 23.2 Å². The molecule has 114 valence electrons. The molecule has 0 unspecified atom stereocenters. The van der Waals surface area contributed by atoms with Gasteiger partial charge in [-0.05, 0) is 25.0 Å². The fourth-order valence-corrected chi connectivity index (χ4v) is 2.61. The molecule has 0 aliphatic carbocycles. The number of hydrogen-bond acceptors (Lipinski definition) is 3. The van der Waals surface area contributed by atoms with E-state index in [4.69, 9.17) is 0 Å². The molecule has 1 N–H and O–H groups in total. The van der Waals surface area contributed by atoms with Gasteiger partial charge in [-0.25, -0.2) is 9.78 Å². The minimum Gasteiger partial charge on any atom is -0.349 e. The summed E-state index contributed by atoms with van der Waals surface area (Å²) in [7, 11) is 0. The molecule has 0 radical (unpaired) electrons. The SMILES string of the molecule is O=C(NC1CCN(C(=O)n2ccnc2)CC1)c1ccccc1. The Bertz CT molecular complexity index is 631. The molecule has 3 rings (SSSR count). The first kappa shape index (κ1) is 14.3. The second-order valence-electron chi connectivity index (χ2n) is 5.35. The molecule has 2 aromatic rings. The third-order valence-corrected chi connectivity index (χ3v) is 3.86. The highest BCUT2D eigenvalue weighted by Gasteiger charge is 2.24. The summed E-state index contributed by atoms with van der Waals surface area (Å²) in [6, 6.07) is 9.23. The van der Waals surface area contributed by atoms with Crippen molar-refractivity contribution in [1.29, 1.82) is 0 Å². The predicted molar refractivity (Wildman–Crippen MR) is 81.5 cm³/mol. The van der Waals surface area contributed by atoms with Gasteiger partial charge in [0.15, 0.2) is 0 Å². The summed E-state index contributed by atoms with van der Waals surface area (Å²) in [6.45, 7) is 1.27. The Morgan fingerprint density at radius 2 is 1.86 bits per heavy atom. The topological polar surface area (TPSA) is 67.2 Å². The fourth-order valence-electron chi connectivity index (χ4n) is 2.61. The number of imidazole rings is 1. The summed E-state index contributed by atoms with van der Waals surface area (Å²) < 4.78 is 1.48. The number of benzene rings is 1. The molecule has 1 aromatic carbocycles. The molecule has 2 amide bonds. The molecule has 1 fully saturated rings. The van der Waals surface area contributed by atoms with Gasteiger partial charge in [0.2, 0.25) is 0 Å². The van der Waals surface area contributed by atoms with E-state index in [2.05, 4.69) is 10.3 Å². The van der Waals surface area contributed by atoms with Crippen molar-refractivity contribution in [3.8, 4) is 0 Å². The van der Waals surface area contributed by atoms with Gasteiger partial charge >= 0.3 is 6.03 Å². The van der Waals surface area contributed by atoms with Crippen molar-refractivity contribution >= 4 is 11.9 Å².